The van der Waals surface area contributed by atoms with E-state index in [0.29, 0.717) is 24.8 Å². The zero-order chi connectivity index (χ0) is 20.7. The first kappa shape index (κ1) is 23.2. The fourth-order valence-electron chi connectivity index (χ4n) is 7.26. The Kier molecular flexibility index (Phi) is 5.63. The first-order chi connectivity index (χ1) is 13.0. The summed E-state index contributed by atoms with van der Waals surface area (Å²) in [6.07, 6.45) is 4.44. The number of allylic oxidation sites excluding steroid dienone is 4. The molecule has 0 aromatic carbocycles. The number of ketones is 2. The Morgan fingerprint density at radius 3 is 2.59 bits per heavy atom. The molecule has 0 heterocycles. The van der Waals surface area contributed by atoms with Crippen LogP contribution in [-0.4, -0.2) is 78.2 Å². The van der Waals surface area contributed by atoms with Gasteiger partial charge in [0.1, 0.15) is 12.2 Å². The number of fused-ring (bicyclic) bond motifs is 5. The zero-order valence-corrected chi connectivity index (χ0v) is 21.0. The summed E-state index contributed by atoms with van der Waals surface area (Å²) < 4.78 is 16.9. The van der Waals surface area contributed by atoms with Gasteiger partial charge in [-0.2, -0.15) is 0 Å². The Morgan fingerprint density at radius 1 is 1.31 bits per heavy atom. The summed E-state index contributed by atoms with van der Waals surface area (Å²) in [5.74, 6) is -2.12. The molecule has 29 heavy (non-hydrogen) atoms. The van der Waals surface area contributed by atoms with Gasteiger partial charge in [-0.05, 0) is 56.6 Å². The summed E-state index contributed by atoms with van der Waals surface area (Å²) in [6, 6.07) is 0. The van der Waals surface area contributed by atoms with E-state index in [1.54, 1.807) is 26.8 Å². The summed E-state index contributed by atoms with van der Waals surface area (Å²) in [5, 5.41) is 32.0. The van der Waals surface area contributed by atoms with Gasteiger partial charge in [0.2, 0.25) is 0 Å². The Balaban J connectivity index is 0.00000240. The van der Waals surface area contributed by atoms with Gasteiger partial charge in [-0.3, -0.25) is 9.59 Å². The van der Waals surface area contributed by atoms with Crippen LogP contribution in [0.5, 0.6) is 0 Å². The molecule has 0 amide bonds. The van der Waals surface area contributed by atoms with E-state index in [1.807, 2.05) is 0 Å². The van der Waals surface area contributed by atoms with Crippen LogP contribution in [0.3, 0.4) is 0 Å². The van der Waals surface area contributed by atoms with Gasteiger partial charge < -0.3 is 15.3 Å². The summed E-state index contributed by atoms with van der Waals surface area (Å²) in [7, 11) is 0. The number of rotatable bonds is 2. The average Bonchev–Trinajstić information content (AvgIpc) is 2.84. The third-order valence-electron chi connectivity index (χ3n) is 8.79. The Bertz CT molecular complexity index is 811. The Hall–Kier alpha value is -0.448. The van der Waals surface area contributed by atoms with Crippen LogP contribution in [0.25, 0.3) is 0 Å². The fourth-order valence-corrected chi connectivity index (χ4v) is 7.26. The predicted octanol–water partition coefficient (Wildman–Crippen LogP) is 1.51. The molecule has 158 valence electrons. The topological polar surface area (TPSA) is 94.8 Å². The SMILES string of the molecule is C[C@@H]1CC2[C@H]3CCC4=CC(=O)C=C[C@]4(C)[C@@]3(F)[C@@H](O)C[C@]2(C)[C@@]1(O)C(=O)CO.[Pb]. The van der Waals surface area contributed by atoms with E-state index in [4.69, 9.17) is 0 Å². The third kappa shape index (κ3) is 2.58. The molecular formula is C22H29FO5Pb. The molecule has 1 unspecified atom stereocenters. The molecule has 0 aromatic heterocycles. The summed E-state index contributed by atoms with van der Waals surface area (Å²) >= 11 is 0. The molecule has 4 aliphatic carbocycles. The van der Waals surface area contributed by atoms with Gasteiger partial charge in [0.15, 0.2) is 17.2 Å². The van der Waals surface area contributed by atoms with Crippen molar-refractivity contribution in [2.24, 2.45) is 28.6 Å². The quantitative estimate of drug-likeness (QED) is 0.419. The maximum absolute atomic E-state index is 16.9. The van der Waals surface area contributed by atoms with E-state index < -0.39 is 52.4 Å². The van der Waals surface area contributed by atoms with Gasteiger partial charge in [0, 0.05) is 44.0 Å². The van der Waals surface area contributed by atoms with E-state index in [2.05, 4.69) is 0 Å². The van der Waals surface area contributed by atoms with Crippen LogP contribution in [0.1, 0.15) is 46.5 Å². The first-order valence-corrected chi connectivity index (χ1v) is 10.1. The summed E-state index contributed by atoms with van der Waals surface area (Å²) in [6.45, 7) is 4.48. The normalized spacial score (nSPS) is 50.7. The largest absolute Gasteiger partial charge is 0.390 e. The summed E-state index contributed by atoms with van der Waals surface area (Å²) in [5.41, 5.74) is -5.17. The second kappa shape index (κ2) is 7.03. The van der Waals surface area contributed by atoms with Crippen molar-refractivity contribution in [3.05, 3.63) is 23.8 Å². The number of halogens is 1. The van der Waals surface area contributed by atoms with Gasteiger partial charge in [-0.1, -0.05) is 25.5 Å². The predicted molar refractivity (Wildman–Crippen MR) is 106 cm³/mol. The monoisotopic (exact) mass is 600 g/mol. The third-order valence-corrected chi connectivity index (χ3v) is 8.79. The van der Waals surface area contributed by atoms with E-state index in [1.165, 1.54) is 12.2 Å². The second-order valence-electron chi connectivity index (χ2n) is 9.75. The molecule has 3 N–H and O–H groups in total. The molecule has 3 saturated carbocycles. The molecule has 5 nitrogen and oxygen atoms in total. The molecule has 4 radical (unpaired) electrons. The van der Waals surface area contributed by atoms with E-state index in [0.717, 1.165) is 0 Å². The molecule has 4 aliphatic rings. The van der Waals surface area contributed by atoms with Crippen molar-refractivity contribution in [2.75, 3.05) is 6.61 Å². The van der Waals surface area contributed by atoms with Gasteiger partial charge in [-0.25, -0.2) is 4.39 Å². The number of Topliss-reactive ketones (excluding diaryl/α,β-unsaturated/α-hetero) is 1. The van der Waals surface area contributed by atoms with Crippen molar-refractivity contribution in [1.29, 1.82) is 0 Å². The number of carbonyl (C=O) groups excluding carboxylic acids is 2. The van der Waals surface area contributed by atoms with E-state index in [-0.39, 0.29) is 45.4 Å². The van der Waals surface area contributed by atoms with Gasteiger partial charge in [-0.15, -0.1) is 0 Å². The number of alkyl halides is 1. The Morgan fingerprint density at radius 2 is 1.97 bits per heavy atom. The molecule has 0 spiro atoms. The standard InChI is InChI=1S/C22H29FO5.Pb/c1-12-8-16-15-5-4-13-9-14(25)6-7-19(13,2)21(15,23)17(26)10-20(16,3)22(12,28)18(27)11-24;/h6-7,9,12,15-17,24,26,28H,4-5,8,10-11H2,1-3H3;/t12-,15-,16?,17+,19+,20+,21+,22+;/m1./s1. The molecular weight excluding hydrogens is 570 g/mol. The molecule has 3 fully saturated rings. The van der Waals surface area contributed by atoms with Crippen LogP contribution in [0, 0.1) is 28.6 Å². The van der Waals surface area contributed by atoms with Crippen LogP contribution in [-0.2, 0) is 9.59 Å². The smallest absolute Gasteiger partial charge is 0.190 e. The van der Waals surface area contributed by atoms with Crippen LogP contribution in [0.2, 0.25) is 0 Å². The zero-order valence-electron chi connectivity index (χ0n) is 17.1. The minimum atomic E-state index is -1.98. The Labute approximate surface area is 190 Å². The number of carbonyl (C=O) groups is 2. The second-order valence-corrected chi connectivity index (χ2v) is 9.75. The number of hydrogen-bond acceptors (Lipinski definition) is 5. The molecule has 8 atom stereocenters. The van der Waals surface area contributed by atoms with Crippen LogP contribution >= 0.6 is 0 Å². The van der Waals surface area contributed by atoms with E-state index in [9.17, 15) is 24.9 Å². The van der Waals surface area contributed by atoms with E-state index >= 15 is 4.39 Å². The first-order valence-electron chi connectivity index (χ1n) is 10.1. The van der Waals surface area contributed by atoms with Crippen molar-refractivity contribution >= 4 is 38.9 Å². The summed E-state index contributed by atoms with van der Waals surface area (Å²) in [4.78, 5) is 24.4. The molecule has 0 saturated heterocycles. The van der Waals surface area contributed by atoms with Crippen LogP contribution in [0.15, 0.2) is 23.8 Å². The van der Waals surface area contributed by atoms with Crippen molar-refractivity contribution < 1.29 is 29.3 Å². The average molecular weight is 600 g/mol. The number of aliphatic hydroxyl groups is 3. The van der Waals surface area contributed by atoms with Crippen LogP contribution < -0.4 is 0 Å². The number of hydrogen-bond donors (Lipinski definition) is 3. The molecule has 4 rings (SSSR count). The minimum Gasteiger partial charge on any atom is -0.390 e. The molecule has 7 heteroatoms. The van der Waals surface area contributed by atoms with Crippen molar-refractivity contribution in [3.63, 3.8) is 0 Å². The van der Waals surface area contributed by atoms with Crippen LogP contribution in [0.4, 0.5) is 4.39 Å². The van der Waals surface area contributed by atoms with Crippen molar-refractivity contribution in [3.8, 4) is 0 Å². The van der Waals surface area contributed by atoms with Crippen molar-refractivity contribution in [2.45, 2.75) is 63.8 Å². The minimum absolute atomic E-state index is 0. The molecule has 0 aliphatic heterocycles. The number of aliphatic hydroxyl groups excluding tert-OH is 2. The molecule has 0 aromatic rings. The maximum atomic E-state index is 16.9. The van der Waals surface area contributed by atoms with Gasteiger partial charge >= 0.3 is 0 Å². The van der Waals surface area contributed by atoms with Gasteiger partial charge in [0.25, 0.3) is 0 Å². The van der Waals surface area contributed by atoms with Gasteiger partial charge in [0.05, 0.1) is 6.10 Å². The fraction of sp³-hybridized carbons (Fsp3) is 0.727. The maximum Gasteiger partial charge on any atom is 0.190 e. The molecule has 0 bridgehead atoms. The van der Waals surface area contributed by atoms with Crippen molar-refractivity contribution in [1.82, 2.24) is 0 Å².